The average molecular weight is 392 g/mol. The molecule has 3 heterocycles. The standard InChI is InChI=1S/C18H15F3N4O3/c1-8-5-14(24-27-8)17-15-9(2)25(4-3-13(15)23-28-17)18(26)22-10-6-11(19)16(21)12(20)7-10/h5-7,9H,3-4H2,1-2H3,(H,22,26)/t9-/m0/s1. The zero-order valence-corrected chi connectivity index (χ0v) is 14.9. The fraction of sp³-hybridized carbons (Fsp3) is 0.278. The Kier molecular flexibility index (Phi) is 4.33. The van der Waals surface area contributed by atoms with Gasteiger partial charge in [-0.05, 0) is 13.8 Å². The van der Waals surface area contributed by atoms with Crippen molar-refractivity contribution in [3.05, 3.63) is 52.7 Å². The van der Waals surface area contributed by atoms with E-state index in [2.05, 4.69) is 15.6 Å². The number of rotatable bonds is 2. The second kappa shape index (κ2) is 6.70. The molecule has 1 N–H and O–H groups in total. The highest BCUT2D eigenvalue weighted by atomic mass is 19.2. The van der Waals surface area contributed by atoms with Crippen molar-refractivity contribution in [2.45, 2.75) is 26.3 Å². The first-order chi connectivity index (χ1) is 13.3. The summed E-state index contributed by atoms with van der Waals surface area (Å²) in [5, 5.41) is 10.4. The van der Waals surface area contributed by atoms with Crippen LogP contribution in [0, 0.1) is 24.4 Å². The molecule has 0 aliphatic carbocycles. The fourth-order valence-corrected chi connectivity index (χ4v) is 3.28. The number of carbonyl (C=O) groups excluding carboxylic acids is 1. The predicted octanol–water partition coefficient (Wildman–Crippen LogP) is 4.21. The van der Waals surface area contributed by atoms with Gasteiger partial charge in [0.05, 0.1) is 11.7 Å². The van der Waals surface area contributed by atoms with Crippen molar-refractivity contribution < 1.29 is 27.0 Å². The minimum atomic E-state index is -1.59. The lowest BCUT2D eigenvalue weighted by Gasteiger charge is -2.32. The van der Waals surface area contributed by atoms with Crippen molar-refractivity contribution in [2.24, 2.45) is 0 Å². The van der Waals surface area contributed by atoms with Crippen molar-refractivity contribution in [2.75, 3.05) is 11.9 Å². The summed E-state index contributed by atoms with van der Waals surface area (Å²) in [7, 11) is 0. The van der Waals surface area contributed by atoms with Gasteiger partial charge in [-0.25, -0.2) is 18.0 Å². The summed E-state index contributed by atoms with van der Waals surface area (Å²) in [6, 6.07) is 2.10. The number of aryl methyl sites for hydroxylation is 1. The van der Waals surface area contributed by atoms with E-state index >= 15 is 0 Å². The topological polar surface area (TPSA) is 84.4 Å². The highest BCUT2D eigenvalue weighted by Crippen LogP contribution is 2.37. The molecule has 0 bridgehead atoms. The molecular formula is C18H15F3N4O3. The molecule has 1 aliphatic heterocycles. The van der Waals surface area contributed by atoms with Crippen LogP contribution in [0.15, 0.2) is 27.2 Å². The lowest BCUT2D eigenvalue weighted by molar-refractivity contribution is 0.188. The minimum Gasteiger partial charge on any atom is -0.361 e. The van der Waals surface area contributed by atoms with Crippen LogP contribution in [-0.2, 0) is 6.42 Å². The van der Waals surface area contributed by atoms with E-state index in [1.807, 2.05) is 0 Å². The van der Waals surface area contributed by atoms with Crippen LogP contribution in [0.5, 0.6) is 0 Å². The van der Waals surface area contributed by atoms with Crippen LogP contribution in [0.2, 0.25) is 0 Å². The van der Waals surface area contributed by atoms with Crippen molar-refractivity contribution >= 4 is 11.7 Å². The maximum absolute atomic E-state index is 13.4. The number of hydrogen-bond donors (Lipinski definition) is 1. The van der Waals surface area contributed by atoms with Crippen LogP contribution in [-0.4, -0.2) is 27.8 Å². The summed E-state index contributed by atoms with van der Waals surface area (Å²) < 4.78 is 50.4. The number of nitrogens with one attached hydrogen (secondary N) is 1. The van der Waals surface area contributed by atoms with Crippen molar-refractivity contribution in [1.82, 2.24) is 15.2 Å². The van der Waals surface area contributed by atoms with Crippen LogP contribution < -0.4 is 5.32 Å². The molecule has 0 saturated heterocycles. The highest BCUT2D eigenvalue weighted by molar-refractivity contribution is 5.90. The summed E-state index contributed by atoms with van der Waals surface area (Å²) >= 11 is 0. The summed E-state index contributed by atoms with van der Waals surface area (Å²) in [5.74, 6) is -3.36. The number of hydrogen-bond acceptors (Lipinski definition) is 5. The molecule has 2 amide bonds. The first-order valence-electron chi connectivity index (χ1n) is 8.49. The smallest absolute Gasteiger partial charge is 0.322 e. The second-order valence-corrected chi connectivity index (χ2v) is 6.50. The highest BCUT2D eigenvalue weighted by Gasteiger charge is 2.34. The minimum absolute atomic E-state index is 0.183. The number of fused-ring (bicyclic) bond motifs is 1. The van der Waals surface area contributed by atoms with Gasteiger partial charge in [0.25, 0.3) is 0 Å². The Balaban J connectivity index is 1.60. The molecule has 0 unspecified atom stereocenters. The molecule has 0 radical (unpaired) electrons. The summed E-state index contributed by atoms with van der Waals surface area (Å²) in [4.78, 5) is 14.1. The fourth-order valence-electron chi connectivity index (χ4n) is 3.28. The van der Waals surface area contributed by atoms with Gasteiger partial charge in [0.2, 0.25) is 0 Å². The Bertz CT molecular complexity index is 1040. The first-order valence-corrected chi connectivity index (χ1v) is 8.49. The SMILES string of the molecule is Cc1cc(-c2onc3c2[C@H](C)N(C(=O)Nc2cc(F)c(F)c(F)c2)CC3)no1. The maximum atomic E-state index is 13.4. The van der Waals surface area contributed by atoms with Crippen molar-refractivity contribution in [1.29, 1.82) is 0 Å². The van der Waals surface area contributed by atoms with E-state index in [4.69, 9.17) is 9.05 Å². The molecule has 3 aromatic rings. The van der Waals surface area contributed by atoms with Gasteiger partial charge in [-0.3, -0.25) is 0 Å². The summed E-state index contributed by atoms with van der Waals surface area (Å²) in [6.45, 7) is 3.83. The Morgan fingerprint density at radius 1 is 1.18 bits per heavy atom. The molecule has 10 heteroatoms. The van der Waals surface area contributed by atoms with Gasteiger partial charge in [0, 0.05) is 42.4 Å². The number of amides is 2. The predicted molar refractivity (Wildman–Crippen MR) is 90.9 cm³/mol. The Morgan fingerprint density at radius 3 is 2.54 bits per heavy atom. The third-order valence-electron chi connectivity index (χ3n) is 4.63. The average Bonchev–Trinajstić information content (AvgIpc) is 3.26. The largest absolute Gasteiger partial charge is 0.361 e. The number of urea groups is 1. The molecule has 1 aromatic carbocycles. The Labute approximate surface area is 157 Å². The van der Waals surface area contributed by atoms with Crippen molar-refractivity contribution in [3.8, 4) is 11.5 Å². The quantitative estimate of drug-likeness (QED) is 0.661. The molecule has 0 fully saturated rings. The molecule has 0 spiro atoms. The molecular weight excluding hydrogens is 377 g/mol. The van der Waals surface area contributed by atoms with E-state index in [0.717, 1.165) is 12.1 Å². The molecule has 7 nitrogen and oxygen atoms in total. The summed E-state index contributed by atoms with van der Waals surface area (Å²) in [5.41, 5.74) is 1.66. The normalized spacial score (nSPS) is 16.2. The molecule has 4 rings (SSSR count). The number of nitrogens with zero attached hydrogens (tertiary/aromatic N) is 3. The van der Waals surface area contributed by atoms with E-state index in [-0.39, 0.29) is 5.69 Å². The van der Waals surface area contributed by atoms with E-state index in [1.54, 1.807) is 19.9 Å². The second-order valence-electron chi connectivity index (χ2n) is 6.50. The monoisotopic (exact) mass is 392 g/mol. The van der Waals surface area contributed by atoms with Gasteiger partial charge in [-0.2, -0.15) is 0 Å². The molecule has 2 aromatic heterocycles. The number of aromatic nitrogens is 2. The number of halogens is 3. The van der Waals surface area contributed by atoms with Gasteiger partial charge in [-0.15, -0.1) is 0 Å². The first kappa shape index (κ1) is 18.1. The number of benzene rings is 1. The Hall–Kier alpha value is -3.30. The van der Waals surface area contributed by atoms with Crippen LogP contribution in [0.25, 0.3) is 11.5 Å². The van der Waals surface area contributed by atoms with Crippen LogP contribution >= 0.6 is 0 Å². The molecule has 1 aliphatic rings. The van der Waals surface area contributed by atoms with Gasteiger partial charge in [0.1, 0.15) is 5.76 Å². The number of anilines is 1. The molecule has 146 valence electrons. The molecule has 28 heavy (non-hydrogen) atoms. The van der Waals surface area contributed by atoms with Gasteiger partial charge >= 0.3 is 6.03 Å². The lowest BCUT2D eigenvalue weighted by Crippen LogP contribution is -2.41. The maximum Gasteiger partial charge on any atom is 0.322 e. The van der Waals surface area contributed by atoms with Crippen molar-refractivity contribution in [3.63, 3.8) is 0 Å². The zero-order chi connectivity index (χ0) is 20.0. The van der Waals surface area contributed by atoms with Gasteiger partial charge in [-0.1, -0.05) is 10.3 Å². The molecule has 0 saturated carbocycles. The van der Waals surface area contributed by atoms with E-state index < -0.39 is 29.5 Å². The summed E-state index contributed by atoms with van der Waals surface area (Å²) in [6.07, 6.45) is 0.430. The van der Waals surface area contributed by atoms with Crippen LogP contribution in [0.1, 0.15) is 30.0 Å². The van der Waals surface area contributed by atoms with Crippen LogP contribution in [0.4, 0.5) is 23.7 Å². The third-order valence-corrected chi connectivity index (χ3v) is 4.63. The van der Waals surface area contributed by atoms with E-state index in [0.29, 0.717) is 41.4 Å². The van der Waals surface area contributed by atoms with Gasteiger partial charge in [0.15, 0.2) is 28.9 Å². The van der Waals surface area contributed by atoms with E-state index in [9.17, 15) is 18.0 Å². The number of carbonyl (C=O) groups is 1. The zero-order valence-electron chi connectivity index (χ0n) is 14.9. The lowest BCUT2D eigenvalue weighted by atomic mass is 9.97. The van der Waals surface area contributed by atoms with E-state index in [1.165, 1.54) is 4.90 Å². The van der Waals surface area contributed by atoms with Crippen LogP contribution in [0.3, 0.4) is 0 Å². The third kappa shape index (κ3) is 3.00. The Morgan fingerprint density at radius 2 is 1.89 bits per heavy atom. The molecule has 1 atom stereocenters. The van der Waals surface area contributed by atoms with Gasteiger partial charge < -0.3 is 19.3 Å².